The minimum atomic E-state index is -0.0806. The highest BCUT2D eigenvalue weighted by atomic mass is 32.2. The van der Waals surface area contributed by atoms with E-state index in [1.54, 1.807) is 0 Å². The van der Waals surface area contributed by atoms with Crippen LogP contribution in [0.5, 0.6) is 5.75 Å². The Balaban J connectivity index is 1.24. The number of hydrogen-bond donors (Lipinski definition) is 1. The molecule has 0 aliphatic heterocycles. The maximum absolute atomic E-state index is 12.3. The summed E-state index contributed by atoms with van der Waals surface area (Å²) in [5.74, 6) is 1.68. The summed E-state index contributed by atoms with van der Waals surface area (Å²) in [5.41, 5.74) is 3.85. The largest absolute Gasteiger partial charge is 0.484 e. The van der Waals surface area contributed by atoms with Crippen molar-refractivity contribution in [2.24, 2.45) is 0 Å². The number of thioether (sulfide) groups is 1. The summed E-state index contributed by atoms with van der Waals surface area (Å²) in [6.07, 6.45) is 0.241. The van der Waals surface area contributed by atoms with Crippen molar-refractivity contribution >= 4 is 34.7 Å². The van der Waals surface area contributed by atoms with E-state index in [0.29, 0.717) is 16.9 Å². The second-order valence-corrected chi connectivity index (χ2v) is 9.00. The molecule has 1 N–H and O–H groups in total. The average molecular weight is 467 g/mol. The second-order valence-electron chi connectivity index (χ2n) is 7.13. The molecule has 0 fully saturated rings. The SMILES string of the molecule is Cc1cccc(OCc2nnc(SCc3csc(CC(=O)Nc4ccccc4C)n3)o2)c1. The van der Waals surface area contributed by atoms with E-state index < -0.39 is 0 Å². The zero-order valence-electron chi connectivity index (χ0n) is 17.7. The Hall–Kier alpha value is -3.17. The number of aryl methyl sites for hydroxylation is 2. The van der Waals surface area contributed by atoms with E-state index in [2.05, 4.69) is 20.5 Å². The minimum absolute atomic E-state index is 0.0806. The van der Waals surface area contributed by atoms with E-state index in [9.17, 15) is 4.79 Å². The van der Waals surface area contributed by atoms with Crippen molar-refractivity contribution in [3.05, 3.63) is 81.6 Å². The third-order valence-electron chi connectivity index (χ3n) is 4.47. The molecule has 2 aromatic heterocycles. The van der Waals surface area contributed by atoms with E-state index in [1.165, 1.54) is 23.1 Å². The number of para-hydroxylation sites is 1. The van der Waals surface area contributed by atoms with E-state index in [-0.39, 0.29) is 18.9 Å². The second kappa shape index (κ2) is 10.4. The van der Waals surface area contributed by atoms with Gasteiger partial charge in [-0.25, -0.2) is 4.98 Å². The standard InChI is InChI=1S/C23H22N4O3S2/c1-15-6-5-8-18(10-15)29-12-21-26-27-23(30-21)32-14-17-13-31-22(24-17)11-20(28)25-19-9-4-3-7-16(19)2/h3-10,13H,11-12,14H2,1-2H3,(H,25,28). The third-order valence-corrected chi connectivity index (χ3v) is 6.22. The van der Waals surface area contributed by atoms with Crippen LogP contribution in [0.25, 0.3) is 0 Å². The smallest absolute Gasteiger partial charge is 0.277 e. The number of anilines is 1. The van der Waals surface area contributed by atoms with Crippen molar-refractivity contribution in [1.82, 2.24) is 15.2 Å². The van der Waals surface area contributed by atoms with Gasteiger partial charge in [0.1, 0.15) is 10.8 Å². The van der Waals surface area contributed by atoms with Gasteiger partial charge in [-0.1, -0.05) is 42.1 Å². The van der Waals surface area contributed by atoms with Gasteiger partial charge in [0.2, 0.25) is 5.91 Å². The van der Waals surface area contributed by atoms with E-state index in [1.807, 2.05) is 67.8 Å². The summed E-state index contributed by atoms with van der Waals surface area (Å²) >= 11 is 2.87. The number of ether oxygens (including phenoxy) is 1. The Morgan fingerprint density at radius 2 is 2.03 bits per heavy atom. The predicted octanol–water partition coefficient (Wildman–Crippen LogP) is 5.20. The van der Waals surface area contributed by atoms with Crippen LogP contribution in [0.2, 0.25) is 0 Å². The van der Waals surface area contributed by atoms with Gasteiger partial charge in [-0.2, -0.15) is 0 Å². The normalized spacial score (nSPS) is 10.8. The maximum Gasteiger partial charge on any atom is 0.277 e. The molecule has 4 rings (SSSR count). The molecule has 0 saturated heterocycles. The molecule has 1 amide bonds. The molecule has 32 heavy (non-hydrogen) atoms. The molecule has 0 spiro atoms. The Morgan fingerprint density at radius 1 is 1.16 bits per heavy atom. The van der Waals surface area contributed by atoms with Crippen molar-refractivity contribution in [2.45, 2.75) is 37.9 Å². The van der Waals surface area contributed by atoms with Crippen LogP contribution < -0.4 is 10.1 Å². The summed E-state index contributed by atoms with van der Waals surface area (Å²) in [7, 11) is 0. The van der Waals surface area contributed by atoms with Gasteiger partial charge in [0, 0.05) is 16.8 Å². The number of carbonyl (C=O) groups excluding carboxylic acids is 1. The van der Waals surface area contributed by atoms with Crippen molar-refractivity contribution in [2.75, 3.05) is 5.32 Å². The molecule has 0 saturated carbocycles. The zero-order chi connectivity index (χ0) is 22.3. The van der Waals surface area contributed by atoms with Gasteiger partial charge in [-0.3, -0.25) is 4.79 Å². The lowest BCUT2D eigenvalue weighted by molar-refractivity contribution is -0.115. The molecular formula is C23H22N4O3S2. The van der Waals surface area contributed by atoms with Crippen LogP contribution in [0.15, 0.2) is 63.6 Å². The number of amides is 1. The highest BCUT2D eigenvalue weighted by Gasteiger charge is 2.12. The molecule has 0 bridgehead atoms. The highest BCUT2D eigenvalue weighted by molar-refractivity contribution is 7.98. The van der Waals surface area contributed by atoms with Gasteiger partial charge in [0.15, 0.2) is 6.61 Å². The lowest BCUT2D eigenvalue weighted by atomic mass is 10.2. The maximum atomic E-state index is 12.3. The summed E-state index contributed by atoms with van der Waals surface area (Å²) < 4.78 is 11.3. The fourth-order valence-electron chi connectivity index (χ4n) is 2.88. The number of rotatable bonds is 9. The lowest BCUT2D eigenvalue weighted by Crippen LogP contribution is -2.15. The number of nitrogens with one attached hydrogen (secondary N) is 1. The van der Waals surface area contributed by atoms with Gasteiger partial charge in [0.25, 0.3) is 11.1 Å². The van der Waals surface area contributed by atoms with Crippen LogP contribution in [0.3, 0.4) is 0 Å². The molecule has 9 heteroatoms. The quantitative estimate of drug-likeness (QED) is 0.339. The van der Waals surface area contributed by atoms with Gasteiger partial charge in [0.05, 0.1) is 12.1 Å². The summed E-state index contributed by atoms with van der Waals surface area (Å²) in [6.45, 7) is 4.19. The summed E-state index contributed by atoms with van der Waals surface area (Å²) in [4.78, 5) is 16.9. The molecule has 0 unspecified atom stereocenters. The molecule has 164 valence electrons. The lowest BCUT2D eigenvalue weighted by Gasteiger charge is -2.06. The summed E-state index contributed by atoms with van der Waals surface area (Å²) in [6, 6.07) is 15.5. The fraction of sp³-hybridized carbons (Fsp3) is 0.217. The topological polar surface area (TPSA) is 90.1 Å². The Kier molecular flexibility index (Phi) is 7.18. The average Bonchev–Trinajstić information content (AvgIpc) is 3.42. The first kappa shape index (κ1) is 22.0. The molecule has 7 nitrogen and oxygen atoms in total. The fourth-order valence-corrected chi connectivity index (χ4v) is 4.45. The van der Waals surface area contributed by atoms with E-state index in [0.717, 1.165) is 33.3 Å². The Labute approximate surface area is 194 Å². The minimum Gasteiger partial charge on any atom is -0.484 e. The van der Waals surface area contributed by atoms with E-state index in [4.69, 9.17) is 9.15 Å². The third kappa shape index (κ3) is 6.18. The first-order valence-electron chi connectivity index (χ1n) is 9.98. The molecule has 0 aliphatic rings. The monoisotopic (exact) mass is 466 g/mol. The van der Waals surface area contributed by atoms with Crippen molar-refractivity contribution < 1.29 is 13.9 Å². The van der Waals surface area contributed by atoms with Crippen LogP contribution in [-0.2, 0) is 23.6 Å². The summed E-state index contributed by atoms with van der Waals surface area (Å²) in [5, 5.41) is 14.2. The molecule has 0 aliphatic carbocycles. The molecule has 2 aromatic carbocycles. The molecule has 0 atom stereocenters. The van der Waals surface area contributed by atoms with Crippen LogP contribution in [0, 0.1) is 13.8 Å². The van der Waals surface area contributed by atoms with Gasteiger partial charge in [-0.15, -0.1) is 21.5 Å². The number of aromatic nitrogens is 3. The molecular weight excluding hydrogens is 444 g/mol. The van der Waals surface area contributed by atoms with Gasteiger partial charge in [-0.05, 0) is 43.2 Å². The number of nitrogens with zero attached hydrogens (tertiary/aromatic N) is 3. The van der Waals surface area contributed by atoms with Crippen LogP contribution in [0.4, 0.5) is 5.69 Å². The molecule has 4 aromatic rings. The zero-order valence-corrected chi connectivity index (χ0v) is 19.3. The van der Waals surface area contributed by atoms with Gasteiger partial charge >= 0.3 is 0 Å². The Bertz CT molecular complexity index is 1210. The number of benzene rings is 2. The number of thiazole rings is 1. The van der Waals surface area contributed by atoms with Crippen molar-refractivity contribution in [1.29, 1.82) is 0 Å². The molecule has 0 radical (unpaired) electrons. The number of carbonyl (C=O) groups is 1. The molecule has 2 heterocycles. The van der Waals surface area contributed by atoms with Crippen molar-refractivity contribution in [3.8, 4) is 5.75 Å². The Morgan fingerprint density at radius 3 is 2.88 bits per heavy atom. The first-order chi connectivity index (χ1) is 15.5. The van der Waals surface area contributed by atoms with Crippen molar-refractivity contribution in [3.63, 3.8) is 0 Å². The highest BCUT2D eigenvalue weighted by Crippen LogP contribution is 2.24. The van der Waals surface area contributed by atoms with Crippen LogP contribution in [0.1, 0.15) is 27.7 Å². The first-order valence-corrected chi connectivity index (χ1v) is 11.8. The predicted molar refractivity (Wildman–Crippen MR) is 125 cm³/mol. The van der Waals surface area contributed by atoms with Crippen LogP contribution >= 0.6 is 23.1 Å². The van der Waals surface area contributed by atoms with Crippen LogP contribution in [-0.4, -0.2) is 21.1 Å². The van der Waals surface area contributed by atoms with Gasteiger partial charge < -0.3 is 14.5 Å². The van der Waals surface area contributed by atoms with E-state index >= 15 is 0 Å². The number of hydrogen-bond acceptors (Lipinski definition) is 8.